The Kier molecular flexibility index (Phi) is 5.91. The number of thiazole rings is 1. The normalized spacial score (nSPS) is 10.4. The highest BCUT2D eigenvalue weighted by molar-refractivity contribution is 7.17. The first-order chi connectivity index (χ1) is 14.7. The molecule has 2 heterocycles. The van der Waals surface area contributed by atoms with Crippen molar-refractivity contribution in [1.82, 2.24) is 15.3 Å². The Morgan fingerprint density at radius 2 is 1.57 bits per heavy atom. The van der Waals surface area contributed by atoms with Crippen molar-refractivity contribution in [1.29, 1.82) is 0 Å². The number of hydrogen-bond donors (Lipinski definition) is 2. The number of pyridine rings is 1. The van der Waals surface area contributed by atoms with Gasteiger partial charge in [-0.05, 0) is 12.1 Å². The van der Waals surface area contributed by atoms with E-state index in [1.54, 1.807) is 24.5 Å². The Hall–Kier alpha value is -3.84. The van der Waals surface area contributed by atoms with Gasteiger partial charge in [0.25, 0.3) is 5.91 Å². The topological polar surface area (TPSA) is 84.0 Å². The molecule has 0 spiro atoms. The molecule has 0 saturated heterocycles. The van der Waals surface area contributed by atoms with Crippen molar-refractivity contribution in [2.45, 2.75) is 0 Å². The fourth-order valence-electron chi connectivity index (χ4n) is 2.85. The number of aromatic nitrogens is 2. The summed E-state index contributed by atoms with van der Waals surface area (Å²) in [6, 6.07) is 22.7. The lowest BCUT2D eigenvalue weighted by atomic mass is 10.1. The van der Waals surface area contributed by atoms with E-state index in [0.29, 0.717) is 16.3 Å². The first-order valence-electron chi connectivity index (χ1n) is 9.30. The average molecular weight is 414 g/mol. The quantitative estimate of drug-likeness (QED) is 0.494. The fraction of sp³-hybridized carbons (Fsp3) is 0.0435. The number of carbonyl (C=O) groups excluding carboxylic acids is 2. The second-order valence-corrected chi connectivity index (χ2v) is 7.40. The van der Waals surface area contributed by atoms with Gasteiger partial charge in [0.15, 0.2) is 0 Å². The van der Waals surface area contributed by atoms with Crippen LogP contribution in [0.2, 0.25) is 0 Å². The second kappa shape index (κ2) is 9.11. The van der Waals surface area contributed by atoms with E-state index in [1.165, 1.54) is 11.3 Å². The van der Waals surface area contributed by atoms with Gasteiger partial charge in [-0.25, -0.2) is 4.98 Å². The summed E-state index contributed by atoms with van der Waals surface area (Å²) in [6.07, 6.45) is 3.17. The highest BCUT2D eigenvalue weighted by Crippen LogP contribution is 2.33. The maximum absolute atomic E-state index is 12.9. The highest BCUT2D eigenvalue weighted by Gasteiger charge is 2.20. The van der Waals surface area contributed by atoms with Gasteiger partial charge in [-0.15, -0.1) is 11.3 Å². The van der Waals surface area contributed by atoms with Gasteiger partial charge in [-0.2, -0.15) is 0 Å². The Morgan fingerprint density at radius 1 is 0.867 bits per heavy atom. The maximum Gasteiger partial charge on any atom is 0.264 e. The molecule has 0 aliphatic heterocycles. The Labute approximate surface area is 177 Å². The van der Waals surface area contributed by atoms with Crippen LogP contribution in [0.25, 0.3) is 21.8 Å². The van der Waals surface area contributed by atoms with E-state index in [2.05, 4.69) is 15.6 Å². The molecule has 0 saturated carbocycles. The van der Waals surface area contributed by atoms with Crippen molar-refractivity contribution in [3.63, 3.8) is 0 Å². The monoisotopic (exact) mass is 414 g/mol. The number of amides is 2. The summed E-state index contributed by atoms with van der Waals surface area (Å²) < 4.78 is 0. The number of nitrogens with one attached hydrogen (secondary N) is 2. The number of nitrogens with zero attached hydrogens (tertiary/aromatic N) is 2. The van der Waals surface area contributed by atoms with Gasteiger partial charge in [-0.1, -0.05) is 60.7 Å². The molecular formula is C23H18N4O2S. The van der Waals surface area contributed by atoms with Crippen molar-refractivity contribution >= 4 is 28.8 Å². The molecule has 7 heteroatoms. The summed E-state index contributed by atoms with van der Waals surface area (Å²) in [5.41, 5.74) is 2.96. The minimum atomic E-state index is -0.338. The van der Waals surface area contributed by atoms with E-state index in [0.717, 1.165) is 16.1 Å². The number of anilines is 1. The van der Waals surface area contributed by atoms with E-state index in [4.69, 9.17) is 4.98 Å². The van der Waals surface area contributed by atoms with Crippen molar-refractivity contribution in [2.24, 2.45) is 0 Å². The standard InChI is InChI=1S/C23H18N4O2S/c28-19(26-18-12-7-13-24-14-18)15-25-22(29)21-20(16-8-3-1-4-9-16)27-23(30-21)17-10-5-2-6-11-17/h1-14H,15H2,(H,25,29)(H,26,28). The third-order valence-corrected chi connectivity index (χ3v) is 5.36. The molecule has 4 aromatic rings. The summed E-state index contributed by atoms with van der Waals surface area (Å²) in [5.74, 6) is -0.666. The van der Waals surface area contributed by atoms with Crippen LogP contribution in [-0.4, -0.2) is 28.3 Å². The lowest BCUT2D eigenvalue weighted by Crippen LogP contribution is -2.32. The van der Waals surface area contributed by atoms with Gasteiger partial charge in [-0.3, -0.25) is 14.6 Å². The predicted octanol–water partition coefficient (Wildman–Crippen LogP) is 4.24. The lowest BCUT2D eigenvalue weighted by molar-refractivity contribution is -0.115. The molecular weight excluding hydrogens is 396 g/mol. The second-order valence-electron chi connectivity index (χ2n) is 6.40. The molecule has 0 radical (unpaired) electrons. The van der Waals surface area contributed by atoms with Crippen LogP contribution in [0.4, 0.5) is 5.69 Å². The summed E-state index contributed by atoms with van der Waals surface area (Å²) >= 11 is 1.31. The molecule has 30 heavy (non-hydrogen) atoms. The SMILES string of the molecule is O=C(CNC(=O)c1sc(-c2ccccc2)nc1-c1ccccc1)Nc1cccnc1. The highest BCUT2D eigenvalue weighted by atomic mass is 32.1. The van der Waals surface area contributed by atoms with Crippen LogP contribution >= 0.6 is 11.3 Å². The molecule has 2 aromatic heterocycles. The summed E-state index contributed by atoms with van der Waals surface area (Å²) in [4.78, 5) is 34.2. The molecule has 0 aliphatic rings. The van der Waals surface area contributed by atoms with Crippen molar-refractivity contribution in [2.75, 3.05) is 11.9 Å². The van der Waals surface area contributed by atoms with Crippen LogP contribution in [0.1, 0.15) is 9.67 Å². The van der Waals surface area contributed by atoms with Crippen LogP contribution in [0.5, 0.6) is 0 Å². The smallest absolute Gasteiger partial charge is 0.264 e. The minimum absolute atomic E-state index is 0.152. The summed E-state index contributed by atoms with van der Waals surface area (Å²) in [7, 11) is 0. The molecule has 2 N–H and O–H groups in total. The van der Waals surface area contributed by atoms with Gasteiger partial charge in [0.2, 0.25) is 5.91 Å². The number of benzene rings is 2. The third kappa shape index (κ3) is 4.59. The van der Waals surface area contributed by atoms with Crippen LogP contribution in [-0.2, 0) is 4.79 Å². The molecule has 4 rings (SSSR count). The molecule has 0 aliphatic carbocycles. The van der Waals surface area contributed by atoms with E-state index in [1.807, 2.05) is 60.7 Å². The maximum atomic E-state index is 12.9. The van der Waals surface area contributed by atoms with E-state index in [9.17, 15) is 9.59 Å². The van der Waals surface area contributed by atoms with Crippen LogP contribution < -0.4 is 10.6 Å². The first kappa shape index (κ1) is 19.5. The van der Waals surface area contributed by atoms with Gasteiger partial charge in [0, 0.05) is 17.3 Å². The summed E-state index contributed by atoms with van der Waals surface area (Å²) in [6.45, 7) is -0.152. The molecule has 2 amide bonds. The van der Waals surface area contributed by atoms with E-state index in [-0.39, 0.29) is 18.4 Å². The molecule has 6 nitrogen and oxygen atoms in total. The Morgan fingerprint density at radius 3 is 2.23 bits per heavy atom. The minimum Gasteiger partial charge on any atom is -0.342 e. The van der Waals surface area contributed by atoms with Gasteiger partial charge >= 0.3 is 0 Å². The van der Waals surface area contributed by atoms with Crippen molar-refractivity contribution in [3.8, 4) is 21.8 Å². The predicted molar refractivity (Wildman–Crippen MR) is 118 cm³/mol. The number of rotatable bonds is 6. The number of carbonyl (C=O) groups is 2. The zero-order valence-corrected chi connectivity index (χ0v) is 16.7. The Balaban J connectivity index is 1.55. The number of hydrogen-bond acceptors (Lipinski definition) is 5. The third-order valence-electron chi connectivity index (χ3n) is 4.26. The molecule has 0 fully saturated rings. The zero-order chi connectivity index (χ0) is 20.8. The van der Waals surface area contributed by atoms with E-state index < -0.39 is 0 Å². The molecule has 0 atom stereocenters. The summed E-state index contributed by atoms with van der Waals surface area (Å²) in [5, 5.41) is 6.14. The average Bonchev–Trinajstić information content (AvgIpc) is 3.25. The first-order valence-corrected chi connectivity index (χ1v) is 10.1. The van der Waals surface area contributed by atoms with Gasteiger partial charge in [0.1, 0.15) is 9.88 Å². The van der Waals surface area contributed by atoms with Gasteiger partial charge in [0.05, 0.1) is 24.1 Å². The fourth-order valence-corrected chi connectivity index (χ4v) is 3.86. The van der Waals surface area contributed by atoms with Crippen molar-refractivity contribution in [3.05, 3.63) is 90.1 Å². The van der Waals surface area contributed by atoms with Crippen LogP contribution in [0.15, 0.2) is 85.2 Å². The zero-order valence-electron chi connectivity index (χ0n) is 15.9. The molecule has 0 unspecified atom stereocenters. The molecule has 2 aromatic carbocycles. The molecule has 148 valence electrons. The largest absolute Gasteiger partial charge is 0.342 e. The van der Waals surface area contributed by atoms with Crippen molar-refractivity contribution < 1.29 is 9.59 Å². The Bertz CT molecular complexity index is 1150. The van der Waals surface area contributed by atoms with Crippen LogP contribution in [0, 0.1) is 0 Å². The van der Waals surface area contributed by atoms with E-state index >= 15 is 0 Å². The molecule has 0 bridgehead atoms. The van der Waals surface area contributed by atoms with Crippen LogP contribution in [0.3, 0.4) is 0 Å². The van der Waals surface area contributed by atoms with Gasteiger partial charge < -0.3 is 10.6 Å². The lowest BCUT2D eigenvalue weighted by Gasteiger charge is -2.06.